The Morgan fingerprint density at radius 2 is 1.80 bits per heavy atom. The van der Waals surface area contributed by atoms with Gasteiger partial charge in [-0.25, -0.2) is 9.97 Å². The Morgan fingerprint density at radius 3 is 2.40 bits per heavy atom. The number of aryl methyl sites for hydroxylation is 3. The number of carbonyl (C=O) groups is 1. The number of amides is 1. The van der Waals surface area contributed by atoms with E-state index in [1.807, 2.05) is 10.8 Å². The molecule has 4 aromatic rings. The lowest BCUT2D eigenvalue weighted by Gasteiger charge is -2.21. The lowest BCUT2D eigenvalue weighted by Crippen LogP contribution is -2.32. The molecule has 2 heterocycles. The molecule has 0 atom stereocenters. The van der Waals surface area contributed by atoms with E-state index in [1.54, 1.807) is 29.6 Å². The summed E-state index contributed by atoms with van der Waals surface area (Å²) in [4.78, 5) is 24.5. The first-order valence-electron chi connectivity index (χ1n) is 10.9. The summed E-state index contributed by atoms with van der Waals surface area (Å²) in [5.41, 5.74) is 3.66. The van der Waals surface area contributed by atoms with Crippen molar-refractivity contribution in [1.82, 2.24) is 14.5 Å². The molecule has 4 rings (SSSR count). The summed E-state index contributed by atoms with van der Waals surface area (Å²) in [6.07, 6.45) is 6.17. The SMILES string of the molecule is COc1cc(C(=O)N(CCCn2ccnc2)c2nc3c(C)c(C)ccc3s2)cc(OC)c1OC.Cl. The van der Waals surface area contributed by atoms with Crippen molar-refractivity contribution in [3.05, 3.63) is 59.7 Å². The van der Waals surface area contributed by atoms with Crippen molar-refractivity contribution in [2.75, 3.05) is 32.8 Å². The second kappa shape index (κ2) is 11.4. The number of imidazole rings is 1. The molecule has 0 bridgehead atoms. The Hall–Kier alpha value is -3.30. The van der Waals surface area contributed by atoms with Crippen LogP contribution in [-0.4, -0.2) is 48.3 Å². The quantitative estimate of drug-likeness (QED) is 0.300. The number of nitrogens with zero attached hydrogens (tertiary/aromatic N) is 4. The summed E-state index contributed by atoms with van der Waals surface area (Å²) in [6.45, 7) is 5.36. The Bertz CT molecular complexity index is 1280. The molecule has 2 aromatic heterocycles. The molecule has 0 saturated carbocycles. The molecule has 35 heavy (non-hydrogen) atoms. The molecule has 0 unspecified atom stereocenters. The molecular weight excluding hydrogens is 488 g/mol. The van der Waals surface area contributed by atoms with E-state index in [1.165, 1.54) is 38.2 Å². The molecule has 0 spiro atoms. The Labute approximate surface area is 214 Å². The van der Waals surface area contributed by atoms with Gasteiger partial charge in [0.05, 0.1) is 37.9 Å². The first-order valence-corrected chi connectivity index (χ1v) is 11.7. The third-order valence-electron chi connectivity index (χ3n) is 5.82. The zero-order valence-corrected chi connectivity index (χ0v) is 22.0. The topological polar surface area (TPSA) is 78.7 Å². The molecule has 0 N–H and O–H groups in total. The minimum atomic E-state index is -0.182. The van der Waals surface area contributed by atoms with Crippen molar-refractivity contribution in [2.45, 2.75) is 26.8 Å². The minimum absolute atomic E-state index is 0. The maximum Gasteiger partial charge on any atom is 0.260 e. The van der Waals surface area contributed by atoms with Crippen molar-refractivity contribution in [2.24, 2.45) is 0 Å². The van der Waals surface area contributed by atoms with Crippen LogP contribution in [0.1, 0.15) is 27.9 Å². The summed E-state index contributed by atoms with van der Waals surface area (Å²) >= 11 is 1.51. The summed E-state index contributed by atoms with van der Waals surface area (Å²) in [6, 6.07) is 7.50. The molecule has 1 amide bonds. The first kappa shape index (κ1) is 26.3. The van der Waals surface area contributed by atoms with Crippen molar-refractivity contribution in [3.8, 4) is 17.2 Å². The third kappa shape index (κ3) is 5.36. The number of methoxy groups -OCH3 is 3. The maximum atomic E-state index is 13.8. The molecule has 2 aromatic carbocycles. The van der Waals surface area contributed by atoms with Crippen molar-refractivity contribution in [3.63, 3.8) is 0 Å². The van der Waals surface area contributed by atoms with Crippen LogP contribution in [0.5, 0.6) is 17.2 Å². The number of benzene rings is 2. The van der Waals surface area contributed by atoms with Gasteiger partial charge in [0.25, 0.3) is 5.91 Å². The van der Waals surface area contributed by atoms with Gasteiger partial charge in [-0.2, -0.15) is 0 Å². The fourth-order valence-corrected chi connectivity index (χ4v) is 4.85. The van der Waals surface area contributed by atoms with Gasteiger partial charge < -0.3 is 18.8 Å². The number of anilines is 1. The number of aromatic nitrogens is 3. The second-order valence-corrected chi connectivity index (χ2v) is 8.88. The summed E-state index contributed by atoms with van der Waals surface area (Å²) in [5.74, 6) is 1.12. The lowest BCUT2D eigenvalue weighted by atomic mass is 10.1. The van der Waals surface area contributed by atoms with Gasteiger partial charge in [-0.1, -0.05) is 17.4 Å². The molecule has 186 valence electrons. The van der Waals surface area contributed by atoms with Crippen LogP contribution in [0.2, 0.25) is 0 Å². The monoisotopic (exact) mass is 516 g/mol. The van der Waals surface area contributed by atoms with E-state index < -0.39 is 0 Å². The minimum Gasteiger partial charge on any atom is -0.493 e. The number of ether oxygens (including phenoxy) is 3. The molecule has 0 aliphatic carbocycles. The summed E-state index contributed by atoms with van der Waals surface area (Å²) < 4.78 is 19.4. The van der Waals surface area contributed by atoms with Crippen LogP contribution in [0.3, 0.4) is 0 Å². The van der Waals surface area contributed by atoms with Gasteiger partial charge in [0.15, 0.2) is 16.6 Å². The molecule has 0 fully saturated rings. The number of fused-ring (bicyclic) bond motifs is 1. The highest BCUT2D eigenvalue weighted by Gasteiger charge is 2.25. The van der Waals surface area contributed by atoms with Crippen molar-refractivity contribution in [1.29, 1.82) is 0 Å². The molecule has 10 heteroatoms. The summed E-state index contributed by atoms with van der Waals surface area (Å²) in [5, 5.41) is 0.660. The second-order valence-electron chi connectivity index (χ2n) is 7.88. The van der Waals surface area contributed by atoms with Crippen LogP contribution < -0.4 is 19.1 Å². The van der Waals surface area contributed by atoms with Crippen LogP contribution in [0, 0.1) is 13.8 Å². The molecule has 0 saturated heterocycles. The number of thiazole rings is 1. The van der Waals surface area contributed by atoms with Gasteiger partial charge in [-0.15, -0.1) is 12.4 Å². The van der Waals surface area contributed by atoms with E-state index in [9.17, 15) is 4.79 Å². The molecule has 0 aliphatic rings. The highest BCUT2D eigenvalue weighted by Crippen LogP contribution is 2.39. The predicted molar refractivity (Wildman–Crippen MR) is 141 cm³/mol. The largest absolute Gasteiger partial charge is 0.493 e. The van der Waals surface area contributed by atoms with Crippen molar-refractivity contribution < 1.29 is 19.0 Å². The third-order valence-corrected chi connectivity index (χ3v) is 6.86. The normalized spacial score (nSPS) is 10.7. The molecular formula is C25H29ClN4O4S. The predicted octanol–water partition coefficient (Wildman–Crippen LogP) is 5.29. The summed E-state index contributed by atoms with van der Waals surface area (Å²) in [7, 11) is 4.61. The smallest absolute Gasteiger partial charge is 0.260 e. The van der Waals surface area contributed by atoms with Gasteiger partial charge in [0.2, 0.25) is 5.75 Å². The maximum absolute atomic E-state index is 13.8. The van der Waals surface area contributed by atoms with Crippen LogP contribution in [0.15, 0.2) is 43.0 Å². The van der Waals surface area contributed by atoms with E-state index in [4.69, 9.17) is 19.2 Å². The standard InChI is InChI=1S/C25H28N4O4S.ClH/c1-16-7-8-21-22(17(16)2)27-25(34-21)29(11-6-10-28-12-9-26-15-28)24(30)18-13-19(31-3)23(33-5)20(14-18)32-4;/h7-9,12-15H,6,10-11H2,1-5H3;1H. The molecule has 0 radical (unpaired) electrons. The number of rotatable bonds is 9. The van der Waals surface area contributed by atoms with E-state index >= 15 is 0 Å². The van der Waals surface area contributed by atoms with E-state index in [2.05, 4.69) is 31.0 Å². The van der Waals surface area contributed by atoms with Gasteiger partial charge in [-0.05, 0) is 49.6 Å². The van der Waals surface area contributed by atoms with Crippen LogP contribution in [0.4, 0.5) is 5.13 Å². The Balaban J connectivity index is 0.00000342. The lowest BCUT2D eigenvalue weighted by molar-refractivity contribution is 0.0985. The van der Waals surface area contributed by atoms with Crippen molar-refractivity contribution >= 4 is 45.0 Å². The van der Waals surface area contributed by atoms with E-state index in [0.717, 1.165) is 28.7 Å². The van der Waals surface area contributed by atoms with Gasteiger partial charge in [0, 0.05) is 31.0 Å². The van der Waals surface area contributed by atoms with Gasteiger partial charge >= 0.3 is 0 Å². The number of carbonyl (C=O) groups excluding carboxylic acids is 1. The highest BCUT2D eigenvalue weighted by molar-refractivity contribution is 7.22. The fourth-order valence-electron chi connectivity index (χ4n) is 3.80. The number of hydrogen-bond donors (Lipinski definition) is 0. The molecule has 0 aliphatic heterocycles. The number of halogens is 1. The fraction of sp³-hybridized carbons (Fsp3) is 0.320. The van der Waals surface area contributed by atoms with Crippen LogP contribution >= 0.6 is 23.7 Å². The highest BCUT2D eigenvalue weighted by atomic mass is 35.5. The molecule has 8 nitrogen and oxygen atoms in total. The zero-order chi connectivity index (χ0) is 24.2. The van der Waals surface area contributed by atoms with Gasteiger partial charge in [-0.3, -0.25) is 9.69 Å². The number of hydrogen-bond acceptors (Lipinski definition) is 7. The zero-order valence-electron chi connectivity index (χ0n) is 20.4. The average Bonchev–Trinajstić information content (AvgIpc) is 3.53. The van der Waals surface area contributed by atoms with E-state index in [-0.39, 0.29) is 18.3 Å². The van der Waals surface area contributed by atoms with Crippen LogP contribution in [-0.2, 0) is 6.54 Å². The average molecular weight is 517 g/mol. The van der Waals surface area contributed by atoms with Gasteiger partial charge in [0.1, 0.15) is 0 Å². The van der Waals surface area contributed by atoms with E-state index in [0.29, 0.717) is 34.5 Å². The first-order chi connectivity index (χ1) is 16.5. The Kier molecular flexibility index (Phi) is 8.58. The Morgan fingerprint density at radius 1 is 1.09 bits per heavy atom. The van der Waals surface area contributed by atoms with Crippen LogP contribution in [0.25, 0.3) is 10.2 Å².